The lowest BCUT2D eigenvalue weighted by Crippen LogP contribution is -2.22. The van der Waals surface area contributed by atoms with E-state index in [9.17, 15) is 14.4 Å². The lowest BCUT2D eigenvalue weighted by molar-refractivity contribution is -0.145. The molecule has 1 atom stereocenters. The summed E-state index contributed by atoms with van der Waals surface area (Å²) in [6.45, 7) is 1.33. The number of carbonyl (C=O) groups excluding carboxylic acids is 3. The summed E-state index contributed by atoms with van der Waals surface area (Å²) in [4.78, 5) is 32.6. The summed E-state index contributed by atoms with van der Waals surface area (Å²) < 4.78 is 5.11. The quantitative estimate of drug-likeness (QED) is 0.390. The highest BCUT2D eigenvalue weighted by atomic mass is 16.5. The van der Waals surface area contributed by atoms with Gasteiger partial charge in [-0.05, 0) is 19.3 Å². The summed E-state index contributed by atoms with van der Waals surface area (Å²) in [7, 11) is 0. The Kier molecular flexibility index (Phi) is 4.89. The molecule has 0 aromatic carbocycles. The molecule has 88 valence electrons. The molecule has 4 heteroatoms. The van der Waals surface area contributed by atoms with Crippen molar-refractivity contribution in [3.63, 3.8) is 0 Å². The minimum Gasteiger partial charge on any atom is -0.458 e. The number of unbranched alkanes of at least 4 members (excludes halogenated alkanes) is 1. The summed E-state index contributed by atoms with van der Waals surface area (Å²) in [5.41, 5.74) is 0.598. The van der Waals surface area contributed by atoms with Gasteiger partial charge in [-0.2, -0.15) is 0 Å². The van der Waals surface area contributed by atoms with Gasteiger partial charge in [0.1, 0.15) is 12.4 Å². The van der Waals surface area contributed by atoms with Crippen LogP contribution in [-0.4, -0.2) is 24.1 Å². The highest BCUT2D eigenvalue weighted by molar-refractivity contribution is 5.98. The van der Waals surface area contributed by atoms with Crippen molar-refractivity contribution in [3.8, 4) is 0 Å². The van der Waals surface area contributed by atoms with Crippen molar-refractivity contribution in [2.24, 2.45) is 0 Å². The summed E-state index contributed by atoms with van der Waals surface area (Å²) in [5, 5.41) is 0. The molecule has 1 rings (SSSR count). The number of carbonyl (C=O) groups is 3. The maximum absolute atomic E-state index is 11.5. The molecular formula is C12H16O4. The van der Waals surface area contributed by atoms with Crippen molar-refractivity contribution in [2.75, 3.05) is 0 Å². The molecule has 0 aromatic heterocycles. The molecule has 0 aromatic rings. The second-order valence-corrected chi connectivity index (χ2v) is 3.82. The molecule has 0 N–H and O–H groups in total. The van der Waals surface area contributed by atoms with Crippen LogP contribution in [0.4, 0.5) is 0 Å². The zero-order valence-electron chi connectivity index (χ0n) is 9.40. The van der Waals surface area contributed by atoms with E-state index in [0.717, 1.165) is 12.7 Å². The van der Waals surface area contributed by atoms with E-state index in [1.54, 1.807) is 0 Å². The van der Waals surface area contributed by atoms with Crippen LogP contribution in [0.5, 0.6) is 0 Å². The average molecular weight is 224 g/mol. The number of ketones is 1. The van der Waals surface area contributed by atoms with Gasteiger partial charge in [0.15, 0.2) is 5.78 Å². The highest BCUT2D eigenvalue weighted by Crippen LogP contribution is 2.23. The Morgan fingerprint density at radius 1 is 1.62 bits per heavy atom. The second kappa shape index (κ2) is 6.20. The van der Waals surface area contributed by atoms with Crippen LogP contribution in [0.25, 0.3) is 0 Å². The first-order valence-corrected chi connectivity index (χ1v) is 5.49. The van der Waals surface area contributed by atoms with E-state index >= 15 is 0 Å². The van der Waals surface area contributed by atoms with Crippen LogP contribution in [0.3, 0.4) is 0 Å². The van der Waals surface area contributed by atoms with Crippen LogP contribution in [0, 0.1) is 0 Å². The molecule has 0 saturated carbocycles. The predicted octanol–water partition coefficient (Wildman–Crippen LogP) is 1.58. The van der Waals surface area contributed by atoms with Crippen LogP contribution in [-0.2, 0) is 19.1 Å². The molecule has 0 heterocycles. The van der Waals surface area contributed by atoms with E-state index in [-0.39, 0.29) is 5.78 Å². The van der Waals surface area contributed by atoms with Crippen LogP contribution in [0.1, 0.15) is 39.0 Å². The molecule has 1 aliphatic carbocycles. The number of esters is 1. The van der Waals surface area contributed by atoms with Gasteiger partial charge in [-0.15, -0.1) is 0 Å². The second-order valence-electron chi connectivity index (χ2n) is 3.82. The fourth-order valence-electron chi connectivity index (χ4n) is 1.79. The van der Waals surface area contributed by atoms with E-state index in [0.29, 0.717) is 31.3 Å². The number of rotatable bonds is 6. The molecule has 0 bridgehead atoms. The van der Waals surface area contributed by atoms with Crippen molar-refractivity contribution in [3.05, 3.63) is 11.6 Å². The summed E-state index contributed by atoms with van der Waals surface area (Å²) in [6, 6.07) is 0. The maximum Gasteiger partial charge on any atom is 0.303 e. The molecule has 0 amide bonds. The molecule has 1 unspecified atom stereocenters. The minimum absolute atomic E-state index is 0.0531. The third-order valence-electron chi connectivity index (χ3n) is 2.50. The monoisotopic (exact) mass is 224 g/mol. The standard InChI is InChI=1S/C12H16O4/c1-9(14)16-12(7-2-3-8-13)10-5-4-6-11(10)15/h5,8,12H,2-4,6-7H2,1H3. The van der Waals surface area contributed by atoms with Crippen molar-refractivity contribution in [1.82, 2.24) is 0 Å². The van der Waals surface area contributed by atoms with Crippen LogP contribution >= 0.6 is 0 Å². The van der Waals surface area contributed by atoms with Gasteiger partial charge in [0.05, 0.1) is 0 Å². The Morgan fingerprint density at radius 2 is 2.38 bits per heavy atom. The number of Topliss-reactive ketones (excluding diaryl/α,β-unsaturated/α-hetero) is 1. The molecule has 16 heavy (non-hydrogen) atoms. The Morgan fingerprint density at radius 3 is 2.88 bits per heavy atom. The van der Waals surface area contributed by atoms with E-state index in [4.69, 9.17) is 4.74 Å². The van der Waals surface area contributed by atoms with Gasteiger partial charge in [-0.25, -0.2) is 0 Å². The van der Waals surface area contributed by atoms with E-state index in [1.807, 2.05) is 6.08 Å². The van der Waals surface area contributed by atoms with Gasteiger partial charge in [0.25, 0.3) is 0 Å². The Bertz CT molecular complexity index is 317. The third-order valence-corrected chi connectivity index (χ3v) is 2.50. The van der Waals surface area contributed by atoms with Crippen molar-refractivity contribution >= 4 is 18.0 Å². The van der Waals surface area contributed by atoms with Gasteiger partial charge in [-0.1, -0.05) is 6.08 Å². The number of aldehydes is 1. The number of allylic oxidation sites excluding steroid dienone is 1. The largest absolute Gasteiger partial charge is 0.458 e. The predicted molar refractivity (Wildman–Crippen MR) is 57.8 cm³/mol. The van der Waals surface area contributed by atoms with E-state index < -0.39 is 12.1 Å². The molecule has 0 spiro atoms. The zero-order valence-corrected chi connectivity index (χ0v) is 9.40. The number of hydrogen-bond acceptors (Lipinski definition) is 4. The van der Waals surface area contributed by atoms with Crippen molar-refractivity contribution < 1.29 is 19.1 Å². The molecule has 0 fully saturated rings. The smallest absolute Gasteiger partial charge is 0.303 e. The SMILES string of the molecule is CC(=O)OC(CCCC=O)C1=CCCC1=O. The van der Waals surface area contributed by atoms with Gasteiger partial charge < -0.3 is 9.53 Å². The highest BCUT2D eigenvalue weighted by Gasteiger charge is 2.25. The van der Waals surface area contributed by atoms with Crippen LogP contribution in [0.2, 0.25) is 0 Å². The maximum atomic E-state index is 11.5. The molecule has 0 aliphatic heterocycles. The fourth-order valence-corrected chi connectivity index (χ4v) is 1.79. The molecular weight excluding hydrogens is 208 g/mol. The summed E-state index contributed by atoms with van der Waals surface area (Å²) in [6.07, 6.45) is 5.01. The van der Waals surface area contributed by atoms with E-state index in [2.05, 4.69) is 0 Å². The normalized spacial score (nSPS) is 16.8. The van der Waals surface area contributed by atoms with E-state index in [1.165, 1.54) is 6.92 Å². The van der Waals surface area contributed by atoms with Crippen LogP contribution < -0.4 is 0 Å². The van der Waals surface area contributed by atoms with Gasteiger partial charge in [-0.3, -0.25) is 9.59 Å². The summed E-state index contributed by atoms with van der Waals surface area (Å²) >= 11 is 0. The number of ether oxygens (including phenoxy) is 1. The lowest BCUT2D eigenvalue weighted by atomic mass is 10.0. The molecule has 1 aliphatic rings. The van der Waals surface area contributed by atoms with Gasteiger partial charge >= 0.3 is 5.97 Å². The average Bonchev–Trinajstić information content (AvgIpc) is 2.63. The van der Waals surface area contributed by atoms with Crippen molar-refractivity contribution in [2.45, 2.75) is 45.1 Å². The summed E-state index contributed by atoms with van der Waals surface area (Å²) in [5.74, 6) is -0.339. The first-order valence-electron chi connectivity index (χ1n) is 5.49. The minimum atomic E-state index is -0.465. The van der Waals surface area contributed by atoms with Crippen LogP contribution in [0.15, 0.2) is 11.6 Å². The van der Waals surface area contributed by atoms with Gasteiger partial charge in [0.2, 0.25) is 0 Å². The Balaban J connectivity index is 2.59. The molecule has 4 nitrogen and oxygen atoms in total. The number of hydrogen-bond donors (Lipinski definition) is 0. The Labute approximate surface area is 94.7 Å². The fraction of sp³-hybridized carbons (Fsp3) is 0.583. The topological polar surface area (TPSA) is 60.4 Å². The first kappa shape index (κ1) is 12.6. The van der Waals surface area contributed by atoms with Gasteiger partial charge in [0, 0.05) is 25.3 Å². The Hall–Kier alpha value is -1.45. The van der Waals surface area contributed by atoms with Crippen molar-refractivity contribution in [1.29, 1.82) is 0 Å². The third kappa shape index (κ3) is 3.61. The first-order chi connectivity index (χ1) is 7.65. The lowest BCUT2D eigenvalue weighted by Gasteiger charge is -2.16. The zero-order chi connectivity index (χ0) is 12.0. The molecule has 0 radical (unpaired) electrons. The molecule has 0 saturated heterocycles.